The fourth-order valence-electron chi connectivity index (χ4n) is 2.73. The molecule has 2 N–H and O–H groups in total. The van der Waals surface area contributed by atoms with E-state index < -0.39 is 30.6 Å². The van der Waals surface area contributed by atoms with E-state index in [1.807, 2.05) is 0 Å². The van der Waals surface area contributed by atoms with Crippen LogP contribution >= 0.6 is 23.2 Å². The first-order valence-electron chi connectivity index (χ1n) is 7.54. The molecule has 2 rings (SSSR count). The van der Waals surface area contributed by atoms with Crippen molar-refractivity contribution in [1.29, 1.82) is 0 Å². The molecule has 1 fully saturated rings. The smallest absolute Gasteiger partial charge is 0.342 e. The van der Waals surface area contributed by atoms with Crippen molar-refractivity contribution in [2.75, 3.05) is 14.2 Å². The summed E-state index contributed by atoms with van der Waals surface area (Å²) >= 11 is 12.0. The van der Waals surface area contributed by atoms with E-state index >= 15 is 0 Å². The molecule has 0 radical (unpaired) electrons. The Morgan fingerprint density at radius 1 is 1.28 bits per heavy atom. The molecule has 1 aliphatic heterocycles. The first-order valence-corrected chi connectivity index (χ1v) is 8.30. The van der Waals surface area contributed by atoms with Crippen LogP contribution in [0, 0.1) is 6.92 Å². The highest BCUT2D eigenvalue weighted by atomic mass is 35.5. The van der Waals surface area contributed by atoms with Crippen molar-refractivity contribution < 1.29 is 34.0 Å². The molecule has 0 bridgehead atoms. The third-order valence-corrected chi connectivity index (χ3v) is 4.92. The molecule has 0 unspecified atom stereocenters. The predicted octanol–water partition coefficient (Wildman–Crippen LogP) is 2.68. The zero-order valence-electron chi connectivity index (χ0n) is 14.2. The third kappa shape index (κ3) is 3.80. The maximum atomic E-state index is 12.7. The van der Waals surface area contributed by atoms with Crippen LogP contribution < -0.4 is 4.74 Å². The summed E-state index contributed by atoms with van der Waals surface area (Å²) in [5, 5.41) is 19.8. The second kappa shape index (κ2) is 7.97. The van der Waals surface area contributed by atoms with Crippen molar-refractivity contribution in [2.45, 2.75) is 44.9 Å². The molecular weight excluding hydrogens is 375 g/mol. The van der Waals surface area contributed by atoms with Gasteiger partial charge in [0.05, 0.1) is 24.3 Å². The molecular formula is C16H20Cl2O7. The van der Waals surface area contributed by atoms with Crippen LogP contribution in [0.25, 0.3) is 0 Å². The fourth-order valence-corrected chi connectivity index (χ4v) is 3.24. The Balaban J connectivity index is 2.33. The molecule has 0 aliphatic carbocycles. The van der Waals surface area contributed by atoms with Gasteiger partial charge in [-0.15, -0.1) is 0 Å². The lowest BCUT2D eigenvalue weighted by atomic mass is 10.0. The third-order valence-electron chi connectivity index (χ3n) is 4.10. The largest absolute Gasteiger partial charge is 0.505 e. The van der Waals surface area contributed by atoms with E-state index in [2.05, 4.69) is 0 Å². The Hall–Kier alpha value is -1.25. The van der Waals surface area contributed by atoms with E-state index in [1.165, 1.54) is 21.1 Å². The number of aromatic hydroxyl groups is 1. The molecule has 0 amide bonds. The van der Waals surface area contributed by atoms with E-state index in [0.29, 0.717) is 0 Å². The number of aliphatic hydroxyl groups is 1. The summed E-state index contributed by atoms with van der Waals surface area (Å²) in [5.41, 5.74) is 0.225. The molecule has 1 aromatic rings. The number of rotatable bonds is 4. The van der Waals surface area contributed by atoms with Crippen LogP contribution in [0.1, 0.15) is 29.3 Å². The average molecular weight is 395 g/mol. The van der Waals surface area contributed by atoms with Gasteiger partial charge >= 0.3 is 5.97 Å². The highest BCUT2D eigenvalue weighted by Crippen LogP contribution is 2.44. The lowest BCUT2D eigenvalue weighted by molar-refractivity contribution is -0.237. The van der Waals surface area contributed by atoms with Gasteiger partial charge in [0.25, 0.3) is 0 Å². The molecule has 9 heteroatoms. The molecule has 25 heavy (non-hydrogen) atoms. The maximum Gasteiger partial charge on any atom is 0.342 e. The Morgan fingerprint density at radius 3 is 2.44 bits per heavy atom. The van der Waals surface area contributed by atoms with Gasteiger partial charge in [-0.2, -0.15) is 0 Å². The van der Waals surface area contributed by atoms with Gasteiger partial charge in [-0.25, -0.2) is 4.79 Å². The quantitative estimate of drug-likeness (QED) is 0.757. The summed E-state index contributed by atoms with van der Waals surface area (Å²) in [5.74, 6) is -1.24. The molecule has 0 aromatic heterocycles. The number of carbonyl (C=O) groups is 1. The zero-order valence-corrected chi connectivity index (χ0v) is 15.7. The van der Waals surface area contributed by atoms with E-state index in [-0.39, 0.29) is 39.1 Å². The van der Waals surface area contributed by atoms with Gasteiger partial charge in [0.1, 0.15) is 10.6 Å². The first-order chi connectivity index (χ1) is 11.7. The summed E-state index contributed by atoms with van der Waals surface area (Å²) in [7, 11) is 2.76. The van der Waals surface area contributed by atoms with Crippen molar-refractivity contribution >= 4 is 29.2 Å². The first kappa shape index (κ1) is 20.1. The number of benzene rings is 1. The standard InChI is InChI=1S/C16H20Cl2O7/c1-6-10(15(23-4)12(18)13(20)11(6)17)16(21)25-14-7(2)24-9(22-3)5-8(14)19/h7-9,14,19-20H,5H2,1-4H3/t7-,8-,9+,14-/m1/s1. The lowest BCUT2D eigenvalue weighted by Crippen LogP contribution is -2.49. The number of hydrogen-bond acceptors (Lipinski definition) is 7. The van der Waals surface area contributed by atoms with E-state index in [1.54, 1.807) is 6.92 Å². The van der Waals surface area contributed by atoms with Crippen molar-refractivity contribution in [3.05, 3.63) is 21.2 Å². The number of ether oxygens (including phenoxy) is 4. The molecule has 1 heterocycles. The minimum absolute atomic E-state index is 0.0245. The molecule has 1 saturated heterocycles. The zero-order chi connectivity index (χ0) is 18.9. The number of halogens is 2. The molecule has 4 atom stereocenters. The van der Waals surface area contributed by atoms with Gasteiger partial charge in [-0.05, 0) is 19.4 Å². The topological polar surface area (TPSA) is 94.5 Å². The van der Waals surface area contributed by atoms with Gasteiger partial charge in [0.15, 0.2) is 23.9 Å². The summed E-state index contributed by atoms with van der Waals surface area (Å²) < 4.78 is 21.1. The normalized spacial score (nSPS) is 26.4. The minimum Gasteiger partial charge on any atom is -0.505 e. The van der Waals surface area contributed by atoms with Crippen molar-refractivity contribution in [1.82, 2.24) is 0 Å². The number of phenols is 1. The van der Waals surface area contributed by atoms with Crippen LogP contribution in [0.15, 0.2) is 0 Å². The number of esters is 1. The van der Waals surface area contributed by atoms with E-state index in [9.17, 15) is 15.0 Å². The van der Waals surface area contributed by atoms with Crippen LogP contribution in [0.2, 0.25) is 10.0 Å². The average Bonchev–Trinajstić information content (AvgIpc) is 2.58. The molecule has 140 valence electrons. The summed E-state index contributed by atoms with van der Waals surface area (Å²) in [6, 6.07) is 0. The number of hydrogen-bond donors (Lipinski definition) is 2. The monoisotopic (exact) mass is 394 g/mol. The van der Waals surface area contributed by atoms with Crippen LogP contribution in [-0.2, 0) is 14.2 Å². The number of methoxy groups -OCH3 is 2. The number of aliphatic hydroxyl groups excluding tert-OH is 1. The molecule has 0 saturated carbocycles. The van der Waals surface area contributed by atoms with Crippen molar-refractivity contribution in [3.8, 4) is 11.5 Å². The number of carbonyl (C=O) groups excluding carboxylic acids is 1. The van der Waals surface area contributed by atoms with Gasteiger partial charge < -0.3 is 29.2 Å². The second-order valence-electron chi connectivity index (χ2n) is 5.69. The van der Waals surface area contributed by atoms with Crippen LogP contribution in [0.5, 0.6) is 11.5 Å². The Bertz CT molecular complexity index is 653. The van der Waals surface area contributed by atoms with Crippen LogP contribution in [0.3, 0.4) is 0 Å². The molecule has 7 nitrogen and oxygen atoms in total. The predicted molar refractivity (Wildman–Crippen MR) is 90.6 cm³/mol. The van der Waals surface area contributed by atoms with Gasteiger partial charge in [-0.3, -0.25) is 0 Å². The number of phenolic OH excluding ortho intramolecular Hbond substituents is 1. The highest BCUT2D eigenvalue weighted by Gasteiger charge is 2.39. The fraction of sp³-hybridized carbons (Fsp3) is 0.562. The van der Waals surface area contributed by atoms with Gasteiger partial charge in [0, 0.05) is 13.5 Å². The van der Waals surface area contributed by atoms with Gasteiger partial charge in [0.2, 0.25) is 0 Å². The maximum absolute atomic E-state index is 12.7. The minimum atomic E-state index is -0.966. The Morgan fingerprint density at radius 2 is 1.92 bits per heavy atom. The molecule has 0 spiro atoms. The summed E-state index contributed by atoms with van der Waals surface area (Å²) in [6.45, 7) is 3.18. The Kier molecular flexibility index (Phi) is 6.40. The van der Waals surface area contributed by atoms with Crippen LogP contribution in [0.4, 0.5) is 0 Å². The van der Waals surface area contributed by atoms with Crippen molar-refractivity contribution in [3.63, 3.8) is 0 Å². The highest BCUT2D eigenvalue weighted by molar-refractivity contribution is 6.39. The van der Waals surface area contributed by atoms with Crippen molar-refractivity contribution in [2.24, 2.45) is 0 Å². The summed E-state index contributed by atoms with van der Waals surface area (Å²) in [6.07, 6.45) is -2.88. The van der Waals surface area contributed by atoms with E-state index in [4.69, 9.17) is 42.1 Å². The van der Waals surface area contributed by atoms with E-state index in [0.717, 1.165) is 0 Å². The van der Waals surface area contributed by atoms with Gasteiger partial charge in [-0.1, -0.05) is 23.2 Å². The summed E-state index contributed by atoms with van der Waals surface area (Å²) in [4.78, 5) is 12.7. The SMILES string of the molecule is COc1c(Cl)c(O)c(Cl)c(C)c1C(=O)O[C@H]1[C@H](O)C[C@@H](OC)O[C@@H]1C. The molecule has 1 aromatic carbocycles. The Labute approximate surface area is 155 Å². The molecule has 1 aliphatic rings. The lowest BCUT2D eigenvalue weighted by Gasteiger charge is -2.37. The van der Waals surface area contributed by atoms with Crippen LogP contribution in [-0.4, -0.2) is 55.0 Å². The second-order valence-corrected chi connectivity index (χ2v) is 6.45.